The summed E-state index contributed by atoms with van der Waals surface area (Å²) in [5.41, 5.74) is 4.01. The standard InChI is InChI=1S/C22H24N2O4/c1-12-4-6-14(7-5-12)17-18-15(10-13(2)11-16(18)25)24-9-8-23-21(26)20(24)19(17)22(27)28-3/h4-7,13,17H,8-11H2,1-3H3,(H,23,26)/t13-,17+/m0/s1. The molecule has 1 fully saturated rings. The Kier molecular flexibility index (Phi) is 4.57. The highest BCUT2D eigenvalue weighted by atomic mass is 16.5. The van der Waals surface area contributed by atoms with Gasteiger partial charge in [0.05, 0.1) is 12.7 Å². The third-order valence-electron chi connectivity index (χ3n) is 5.77. The first kappa shape index (κ1) is 18.5. The number of rotatable bonds is 2. The van der Waals surface area contributed by atoms with Crippen LogP contribution in [0.2, 0.25) is 0 Å². The Balaban J connectivity index is 2.00. The summed E-state index contributed by atoms with van der Waals surface area (Å²) in [5.74, 6) is -1.19. The van der Waals surface area contributed by atoms with Crippen molar-refractivity contribution in [3.05, 3.63) is 57.9 Å². The van der Waals surface area contributed by atoms with Gasteiger partial charge in [-0.2, -0.15) is 0 Å². The molecule has 0 unspecified atom stereocenters. The number of ketones is 1. The molecule has 1 aromatic carbocycles. The molecule has 1 aromatic rings. The number of ether oxygens (including phenoxy) is 1. The van der Waals surface area contributed by atoms with Crippen molar-refractivity contribution in [2.75, 3.05) is 20.2 Å². The van der Waals surface area contributed by atoms with Gasteiger partial charge in [0.1, 0.15) is 5.70 Å². The summed E-state index contributed by atoms with van der Waals surface area (Å²) in [6.45, 7) is 5.05. The maximum atomic E-state index is 13.1. The molecule has 28 heavy (non-hydrogen) atoms. The molecule has 4 rings (SSSR count). The quantitative estimate of drug-likeness (QED) is 0.796. The van der Waals surface area contributed by atoms with Crippen LogP contribution in [0.15, 0.2) is 46.8 Å². The molecular formula is C22H24N2O4. The molecule has 1 amide bonds. The number of nitrogens with one attached hydrogen (secondary N) is 1. The number of hydrogen-bond acceptors (Lipinski definition) is 5. The van der Waals surface area contributed by atoms with Gasteiger partial charge in [0.25, 0.3) is 5.91 Å². The Morgan fingerprint density at radius 1 is 1.18 bits per heavy atom. The van der Waals surface area contributed by atoms with Crippen LogP contribution in [0.1, 0.15) is 36.8 Å². The molecule has 6 nitrogen and oxygen atoms in total. The number of piperazine rings is 1. The molecule has 3 aliphatic rings. The van der Waals surface area contributed by atoms with Crippen LogP contribution in [-0.4, -0.2) is 42.8 Å². The van der Waals surface area contributed by atoms with Gasteiger partial charge in [0, 0.05) is 36.7 Å². The third-order valence-corrected chi connectivity index (χ3v) is 5.77. The van der Waals surface area contributed by atoms with Crippen LogP contribution in [0.4, 0.5) is 0 Å². The van der Waals surface area contributed by atoms with E-state index in [9.17, 15) is 14.4 Å². The first-order chi connectivity index (χ1) is 13.4. The van der Waals surface area contributed by atoms with Crippen LogP contribution in [-0.2, 0) is 19.1 Å². The zero-order chi connectivity index (χ0) is 20.0. The van der Waals surface area contributed by atoms with E-state index < -0.39 is 11.9 Å². The van der Waals surface area contributed by atoms with Gasteiger partial charge >= 0.3 is 5.97 Å². The minimum atomic E-state index is -0.585. The van der Waals surface area contributed by atoms with Crippen LogP contribution in [0.5, 0.6) is 0 Å². The van der Waals surface area contributed by atoms with E-state index in [2.05, 4.69) is 5.32 Å². The highest BCUT2D eigenvalue weighted by Crippen LogP contribution is 2.47. The van der Waals surface area contributed by atoms with Gasteiger partial charge in [-0.05, 0) is 24.8 Å². The lowest BCUT2D eigenvalue weighted by Crippen LogP contribution is -2.50. The molecule has 1 N–H and O–H groups in total. The maximum absolute atomic E-state index is 13.1. The maximum Gasteiger partial charge on any atom is 0.337 e. The number of aryl methyl sites for hydroxylation is 1. The van der Waals surface area contributed by atoms with Crippen molar-refractivity contribution in [1.82, 2.24) is 10.2 Å². The number of amides is 1. The summed E-state index contributed by atoms with van der Waals surface area (Å²) in [7, 11) is 1.31. The summed E-state index contributed by atoms with van der Waals surface area (Å²) in [5, 5.41) is 2.84. The van der Waals surface area contributed by atoms with Crippen molar-refractivity contribution in [2.24, 2.45) is 5.92 Å². The van der Waals surface area contributed by atoms with Gasteiger partial charge < -0.3 is 15.0 Å². The van der Waals surface area contributed by atoms with Crippen LogP contribution < -0.4 is 5.32 Å². The van der Waals surface area contributed by atoms with E-state index in [1.807, 2.05) is 43.0 Å². The Morgan fingerprint density at radius 2 is 1.89 bits per heavy atom. The minimum Gasteiger partial charge on any atom is -0.466 e. The van der Waals surface area contributed by atoms with Gasteiger partial charge in [-0.15, -0.1) is 0 Å². The predicted molar refractivity (Wildman–Crippen MR) is 103 cm³/mol. The van der Waals surface area contributed by atoms with Gasteiger partial charge in [-0.1, -0.05) is 36.8 Å². The fourth-order valence-electron chi connectivity index (χ4n) is 4.52. The van der Waals surface area contributed by atoms with Crippen molar-refractivity contribution in [2.45, 2.75) is 32.6 Å². The van der Waals surface area contributed by atoms with E-state index in [0.717, 1.165) is 16.8 Å². The van der Waals surface area contributed by atoms with E-state index in [0.29, 0.717) is 37.2 Å². The topological polar surface area (TPSA) is 75.7 Å². The SMILES string of the molecule is COC(=O)C1=C2C(=O)NCCN2C2=C(C(=O)C[C@@H](C)C2)[C@H]1c1ccc(C)cc1. The van der Waals surface area contributed by atoms with E-state index in [1.165, 1.54) is 7.11 Å². The molecule has 0 bridgehead atoms. The number of esters is 1. The van der Waals surface area contributed by atoms with Crippen molar-refractivity contribution >= 4 is 17.7 Å². The molecule has 2 aliphatic heterocycles. The first-order valence-corrected chi connectivity index (χ1v) is 9.63. The summed E-state index contributed by atoms with van der Waals surface area (Å²) < 4.78 is 5.06. The Labute approximate surface area is 164 Å². The minimum absolute atomic E-state index is 0.0470. The number of methoxy groups -OCH3 is 1. The molecule has 0 radical (unpaired) electrons. The Hall–Kier alpha value is -2.89. The van der Waals surface area contributed by atoms with E-state index >= 15 is 0 Å². The molecule has 1 saturated heterocycles. The molecule has 0 spiro atoms. The van der Waals surface area contributed by atoms with Gasteiger partial charge in [0.15, 0.2) is 5.78 Å². The Bertz CT molecular complexity index is 926. The number of carbonyl (C=O) groups is 3. The predicted octanol–water partition coefficient (Wildman–Crippen LogP) is 2.20. The highest BCUT2D eigenvalue weighted by molar-refractivity contribution is 6.09. The van der Waals surface area contributed by atoms with E-state index in [-0.39, 0.29) is 23.2 Å². The van der Waals surface area contributed by atoms with E-state index in [4.69, 9.17) is 4.74 Å². The fraction of sp³-hybridized carbons (Fsp3) is 0.409. The molecule has 2 heterocycles. The zero-order valence-electron chi connectivity index (χ0n) is 16.4. The number of benzene rings is 1. The number of carbonyl (C=O) groups excluding carboxylic acids is 3. The highest BCUT2D eigenvalue weighted by Gasteiger charge is 2.46. The molecule has 6 heteroatoms. The number of nitrogens with zero attached hydrogens (tertiary/aromatic N) is 1. The third kappa shape index (κ3) is 2.84. The fourth-order valence-corrected chi connectivity index (χ4v) is 4.52. The average Bonchev–Trinajstić information content (AvgIpc) is 2.67. The van der Waals surface area contributed by atoms with Crippen molar-refractivity contribution in [1.29, 1.82) is 0 Å². The number of Topliss-reactive ketones (excluding diaryl/α,β-unsaturated/α-hetero) is 1. The van der Waals surface area contributed by atoms with Crippen LogP contribution >= 0.6 is 0 Å². The van der Waals surface area contributed by atoms with Crippen molar-refractivity contribution in [3.63, 3.8) is 0 Å². The summed E-state index contributed by atoms with van der Waals surface area (Å²) in [6, 6.07) is 7.77. The number of fused-ring (bicyclic) bond motifs is 2. The monoisotopic (exact) mass is 380 g/mol. The zero-order valence-corrected chi connectivity index (χ0v) is 16.4. The van der Waals surface area contributed by atoms with Crippen molar-refractivity contribution in [3.8, 4) is 0 Å². The first-order valence-electron chi connectivity index (χ1n) is 9.63. The molecular weight excluding hydrogens is 356 g/mol. The molecule has 1 aliphatic carbocycles. The van der Waals surface area contributed by atoms with Crippen LogP contribution in [0, 0.1) is 12.8 Å². The normalized spacial score (nSPS) is 24.6. The Morgan fingerprint density at radius 3 is 2.57 bits per heavy atom. The van der Waals surface area contributed by atoms with Gasteiger partial charge in [-0.3, -0.25) is 9.59 Å². The summed E-state index contributed by atoms with van der Waals surface area (Å²) in [6.07, 6.45) is 1.17. The summed E-state index contributed by atoms with van der Waals surface area (Å²) >= 11 is 0. The van der Waals surface area contributed by atoms with Crippen LogP contribution in [0.3, 0.4) is 0 Å². The molecule has 146 valence electrons. The lowest BCUT2D eigenvalue weighted by Gasteiger charge is -2.44. The second-order valence-electron chi connectivity index (χ2n) is 7.80. The largest absolute Gasteiger partial charge is 0.466 e. The average molecular weight is 380 g/mol. The van der Waals surface area contributed by atoms with Gasteiger partial charge in [-0.25, -0.2) is 4.79 Å². The number of allylic oxidation sites excluding steroid dienone is 2. The lowest BCUT2D eigenvalue weighted by atomic mass is 9.72. The second kappa shape index (κ2) is 6.93. The summed E-state index contributed by atoms with van der Waals surface area (Å²) in [4.78, 5) is 40.7. The van der Waals surface area contributed by atoms with E-state index in [1.54, 1.807) is 0 Å². The second-order valence-corrected chi connectivity index (χ2v) is 7.80. The molecule has 0 saturated carbocycles. The number of hydrogen-bond donors (Lipinski definition) is 1. The smallest absolute Gasteiger partial charge is 0.337 e. The van der Waals surface area contributed by atoms with Crippen LogP contribution in [0.25, 0.3) is 0 Å². The van der Waals surface area contributed by atoms with Gasteiger partial charge in [0.2, 0.25) is 0 Å². The molecule has 0 aromatic heterocycles. The molecule has 2 atom stereocenters. The lowest BCUT2D eigenvalue weighted by molar-refractivity contribution is -0.137. The van der Waals surface area contributed by atoms with Crippen molar-refractivity contribution < 1.29 is 19.1 Å².